The topological polar surface area (TPSA) is 70.4 Å². The maximum Gasteiger partial charge on any atom is 0.323 e. The first-order chi connectivity index (χ1) is 11.2. The van der Waals surface area contributed by atoms with E-state index in [-0.39, 0.29) is 12.6 Å². The molecule has 0 radical (unpaired) electrons. The number of amides is 2. The summed E-state index contributed by atoms with van der Waals surface area (Å²) in [7, 11) is 0. The molecule has 23 heavy (non-hydrogen) atoms. The van der Waals surface area contributed by atoms with E-state index in [4.69, 9.17) is 5.11 Å². The molecule has 0 bridgehead atoms. The lowest BCUT2D eigenvalue weighted by molar-refractivity contribution is 0.187. The number of aliphatic hydroxyl groups excluding tert-OH is 1. The molecule has 0 unspecified atom stereocenters. The Morgan fingerprint density at radius 2 is 2.04 bits per heavy atom. The predicted molar refractivity (Wildman–Crippen MR) is 90.9 cm³/mol. The van der Waals surface area contributed by atoms with Crippen LogP contribution in [0.1, 0.15) is 25.3 Å². The van der Waals surface area contributed by atoms with E-state index in [0.717, 1.165) is 24.1 Å². The van der Waals surface area contributed by atoms with Gasteiger partial charge in [-0.3, -0.25) is 5.32 Å². The Labute approximate surface area is 136 Å². The highest BCUT2D eigenvalue weighted by Crippen LogP contribution is 2.16. The maximum atomic E-state index is 12.4. The summed E-state index contributed by atoms with van der Waals surface area (Å²) < 4.78 is 1.74. The molecular formula is C17H24N4O2. The summed E-state index contributed by atoms with van der Waals surface area (Å²) in [5.41, 5.74) is 1.83. The van der Waals surface area contributed by atoms with Crippen LogP contribution >= 0.6 is 0 Å². The van der Waals surface area contributed by atoms with Crippen LogP contribution in [0.3, 0.4) is 0 Å². The van der Waals surface area contributed by atoms with Crippen LogP contribution in [-0.2, 0) is 0 Å². The number of aromatic nitrogens is 2. The summed E-state index contributed by atoms with van der Waals surface area (Å²) in [6.07, 6.45) is 3.79. The third-order valence-electron chi connectivity index (χ3n) is 3.58. The molecule has 1 aromatic heterocycles. The fraction of sp³-hybridized carbons (Fsp3) is 0.412. The Balaban J connectivity index is 2.10. The number of anilines is 1. The van der Waals surface area contributed by atoms with Gasteiger partial charge < -0.3 is 10.0 Å². The smallest absolute Gasteiger partial charge is 0.323 e. The van der Waals surface area contributed by atoms with Gasteiger partial charge in [0.05, 0.1) is 12.3 Å². The highest BCUT2D eigenvalue weighted by molar-refractivity contribution is 5.89. The van der Waals surface area contributed by atoms with Gasteiger partial charge in [0.1, 0.15) is 0 Å². The SMILES string of the molecule is CCCCN(CCO)C(=O)Nc1nn(-c2ccccc2)cc1C. The number of aliphatic hydroxyl groups is 1. The fourth-order valence-corrected chi connectivity index (χ4v) is 2.26. The first-order valence-corrected chi connectivity index (χ1v) is 7.94. The molecule has 6 nitrogen and oxygen atoms in total. The fourth-order valence-electron chi connectivity index (χ4n) is 2.26. The largest absolute Gasteiger partial charge is 0.395 e. The maximum absolute atomic E-state index is 12.4. The van der Waals surface area contributed by atoms with Gasteiger partial charge in [-0.1, -0.05) is 31.5 Å². The van der Waals surface area contributed by atoms with Crippen LogP contribution in [0, 0.1) is 6.92 Å². The van der Waals surface area contributed by atoms with Gasteiger partial charge in [0.15, 0.2) is 5.82 Å². The van der Waals surface area contributed by atoms with Crippen LogP contribution in [0.4, 0.5) is 10.6 Å². The summed E-state index contributed by atoms with van der Waals surface area (Å²) in [5.74, 6) is 0.540. The standard InChI is InChI=1S/C17H24N4O2/c1-3-4-10-20(11-12-22)17(23)18-16-14(2)13-21(19-16)15-8-6-5-7-9-15/h5-9,13,22H,3-4,10-12H2,1-2H3,(H,18,19,23). The molecule has 124 valence electrons. The molecule has 1 heterocycles. The van der Waals surface area contributed by atoms with Gasteiger partial charge in [-0.25, -0.2) is 9.48 Å². The summed E-state index contributed by atoms with van der Waals surface area (Å²) >= 11 is 0. The molecule has 0 saturated carbocycles. The van der Waals surface area contributed by atoms with Crippen molar-refractivity contribution in [1.29, 1.82) is 0 Å². The molecule has 0 aliphatic rings. The third-order valence-corrected chi connectivity index (χ3v) is 3.58. The van der Waals surface area contributed by atoms with Gasteiger partial charge in [-0.05, 0) is 25.5 Å². The van der Waals surface area contributed by atoms with E-state index < -0.39 is 0 Å². The highest BCUT2D eigenvalue weighted by Gasteiger charge is 2.15. The average Bonchev–Trinajstić information content (AvgIpc) is 2.93. The number of unbranched alkanes of at least 4 members (excludes halogenated alkanes) is 1. The lowest BCUT2D eigenvalue weighted by Crippen LogP contribution is -2.38. The Bertz CT molecular complexity index is 625. The van der Waals surface area contributed by atoms with Crippen molar-refractivity contribution in [2.24, 2.45) is 0 Å². The molecule has 0 aliphatic heterocycles. The molecule has 0 atom stereocenters. The zero-order chi connectivity index (χ0) is 16.7. The van der Waals surface area contributed by atoms with E-state index >= 15 is 0 Å². The predicted octanol–water partition coefficient (Wildman–Crippen LogP) is 2.81. The lowest BCUT2D eigenvalue weighted by atomic mass is 10.3. The summed E-state index contributed by atoms with van der Waals surface area (Å²) in [5, 5.41) is 16.4. The molecule has 0 saturated heterocycles. The van der Waals surface area contributed by atoms with Gasteiger partial charge in [0, 0.05) is 24.8 Å². The van der Waals surface area contributed by atoms with Crippen molar-refractivity contribution < 1.29 is 9.90 Å². The number of carbonyl (C=O) groups excluding carboxylic acids is 1. The summed E-state index contributed by atoms with van der Waals surface area (Å²) in [6.45, 7) is 4.88. The molecule has 0 aliphatic carbocycles. The number of aryl methyl sites for hydroxylation is 1. The third kappa shape index (κ3) is 4.56. The summed E-state index contributed by atoms with van der Waals surface area (Å²) in [6, 6.07) is 9.52. The number of para-hydroxylation sites is 1. The van der Waals surface area contributed by atoms with Crippen molar-refractivity contribution in [2.75, 3.05) is 25.0 Å². The quantitative estimate of drug-likeness (QED) is 0.825. The van der Waals surface area contributed by atoms with Crippen LogP contribution in [0.5, 0.6) is 0 Å². The van der Waals surface area contributed by atoms with Crippen LogP contribution in [-0.4, -0.2) is 45.5 Å². The molecule has 2 N–H and O–H groups in total. The molecule has 6 heteroatoms. The van der Waals surface area contributed by atoms with E-state index in [1.807, 2.05) is 43.5 Å². The number of rotatable bonds is 7. The molecule has 1 aromatic carbocycles. The highest BCUT2D eigenvalue weighted by atomic mass is 16.3. The zero-order valence-electron chi connectivity index (χ0n) is 13.7. The van der Waals surface area contributed by atoms with Crippen LogP contribution < -0.4 is 5.32 Å². The first kappa shape index (κ1) is 17.0. The average molecular weight is 316 g/mol. The molecule has 2 amide bonds. The summed E-state index contributed by atoms with van der Waals surface area (Å²) in [4.78, 5) is 14.0. The van der Waals surface area contributed by atoms with Gasteiger partial charge in [-0.15, -0.1) is 5.10 Å². The van der Waals surface area contributed by atoms with E-state index in [1.165, 1.54) is 0 Å². The Morgan fingerprint density at radius 3 is 2.70 bits per heavy atom. The number of nitrogens with zero attached hydrogens (tertiary/aromatic N) is 3. The number of carbonyl (C=O) groups is 1. The second-order valence-corrected chi connectivity index (χ2v) is 5.44. The van der Waals surface area contributed by atoms with Crippen molar-refractivity contribution in [3.63, 3.8) is 0 Å². The number of hydrogen-bond donors (Lipinski definition) is 2. The normalized spacial score (nSPS) is 10.6. The number of nitrogens with one attached hydrogen (secondary N) is 1. The van der Waals surface area contributed by atoms with Crippen molar-refractivity contribution in [3.05, 3.63) is 42.1 Å². The number of urea groups is 1. The first-order valence-electron chi connectivity index (χ1n) is 7.94. The van der Waals surface area contributed by atoms with Crippen LogP contribution in [0.25, 0.3) is 5.69 Å². The monoisotopic (exact) mass is 316 g/mol. The second-order valence-electron chi connectivity index (χ2n) is 5.44. The second kappa shape index (κ2) is 8.33. The van der Waals surface area contributed by atoms with Gasteiger partial charge >= 0.3 is 6.03 Å². The van der Waals surface area contributed by atoms with Gasteiger partial charge in [-0.2, -0.15) is 0 Å². The Kier molecular flexibility index (Phi) is 6.17. The molecule has 0 spiro atoms. The Morgan fingerprint density at radius 1 is 1.30 bits per heavy atom. The molecule has 2 aromatic rings. The van der Waals surface area contributed by atoms with Crippen molar-refractivity contribution in [3.8, 4) is 5.69 Å². The lowest BCUT2D eigenvalue weighted by Gasteiger charge is -2.21. The molecule has 0 fully saturated rings. The molecular weight excluding hydrogens is 292 g/mol. The van der Waals surface area contributed by atoms with E-state index in [9.17, 15) is 4.79 Å². The van der Waals surface area contributed by atoms with E-state index in [2.05, 4.69) is 17.3 Å². The zero-order valence-corrected chi connectivity index (χ0v) is 13.7. The minimum Gasteiger partial charge on any atom is -0.395 e. The van der Waals surface area contributed by atoms with E-state index in [1.54, 1.807) is 9.58 Å². The van der Waals surface area contributed by atoms with Crippen molar-refractivity contribution in [1.82, 2.24) is 14.7 Å². The number of benzene rings is 1. The van der Waals surface area contributed by atoms with E-state index in [0.29, 0.717) is 18.9 Å². The number of hydrogen-bond acceptors (Lipinski definition) is 3. The minimum absolute atomic E-state index is 0.0471. The van der Waals surface area contributed by atoms with Crippen molar-refractivity contribution >= 4 is 11.8 Å². The van der Waals surface area contributed by atoms with Crippen molar-refractivity contribution in [2.45, 2.75) is 26.7 Å². The Hall–Kier alpha value is -2.34. The van der Waals surface area contributed by atoms with Crippen LogP contribution in [0.2, 0.25) is 0 Å². The molecule has 2 rings (SSSR count). The van der Waals surface area contributed by atoms with Crippen LogP contribution in [0.15, 0.2) is 36.5 Å². The van der Waals surface area contributed by atoms with Gasteiger partial charge in [0.25, 0.3) is 0 Å². The van der Waals surface area contributed by atoms with Gasteiger partial charge in [0.2, 0.25) is 0 Å². The minimum atomic E-state index is -0.228.